The lowest BCUT2D eigenvalue weighted by atomic mass is 10.2. The zero-order valence-corrected chi connectivity index (χ0v) is 15.0. The fraction of sp³-hybridized carbons (Fsp3) is 0.294. The summed E-state index contributed by atoms with van der Waals surface area (Å²) in [6.07, 6.45) is 0. The average Bonchev–Trinajstić information content (AvgIpc) is 3.22. The van der Waals surface area contributed by atoms with Gasteiger partial charge in [0.05, 0.1) is 5.69 Å². The van der Waals surface area contributed by atoms with Crippen molar-refractivity contribution in [2.24, 2.45) is 0 Å². The first kappa shape index (κ1) is 17.1. The molecule has 1 aromatic carbocycles. The van der Waals surface area contributed by atoms with Crippen LogP contribution in [0.3, 0.4) is 0 Å². The molecule has 0 saturated carbocycles. The maximum atomic E-state index is 12.3. The van der Waals surface area contributed by atoms with Crippen LogP contribution in [0.4, 0.5) is 5.13 Å². The lowest BCUT2D eigenvalue weighted by molar-refractivity contribution is 0.102. The van der Waals surface area contributed by atoms with Crippen LogP contribution in [0.1, 0.15) is 47.2 Å². The van der Waals surface area contributed by atoms with E-state index in [-0.39, 0.29) is 12.5 Å². The van der Waals surface area contributed by atoms with Crippen molar-refractivity contribution in [3.63, 3.8) is 0 Å². The zero-order valence-electron chi connectivity index (χ0n) is 14.1. The number of carbonyl (C=O) groups is 1. The van der Waals surface area contributed by atoms with Gasteiger partial charge in [-0.2, -0.15) is 0 Å². The molecule has 1 amide bonds. The Morgan fingerprint density at radius 3 is 2.64 bits per heavy atom. The molecule has 25 heavy (non-hydrogen) atoms. The summed E-state index contributed by atoms with van der Waals surface area (Å²) in [7, 11) is 0. The maximum Gasteiger partial charge on any atom is 0.257 e. The van der Waals surface area contributed by atoms with Crippen molar-refractivity contribution in [3.05, 3.63) is 52.3 Å². The molecule has 0 bridgehead atoms. The molecule has 0 aliphatic heterocycles. The lowest BCUT2D eigenvalue weighted by Gasteiger charge is -2.06. The van der Waals surface area contributed by atoms with Gasteiger partial charge in [-0.25, -0.2) is 9.61 Å². The number of rotatable bonds is 6. The summed E-state index contributed by atoms with van der Waals surface area (Å²) in [5, 5.41) is 12.8. The Kier molecular flexibility index (Phi) is 5.08. The molecule has 2 heterocycles. The number of aromatic nitrogens is 3. The highest BCUT2D eigenvalue weighted by molar-refractivity contribution is 7.14. The summed E-state index contributed by atoms with van der Waals surface area (Å²) in [6.45, 7) is 6.19. The van der Waals surface area contributed by atoms with Crippen LogP contribution in [-0.2, 0) is 6.61 Å². The molecule has 1 N–H and O–H groups in total. The van der Waals surface area contributed by atoms with Crippen LogP contribution in [0, 0.1) is 6.92 Å². The largest absolute Gasteiger partial charge is 0.487 e. The molecule has 0 aliphatic carbocycles. The van der Waals surface area contributed by atoms with E-state index in [0.717, 1.165) is 5.69 Å². The molecule has 0 fully saturated rings. The van der Waals surface area contributed by atoms with Crippen molar-refractivity contribution in [2.45, 2.75) is 33.3 Å². The first-order valence-electron chi connectivity index (χ1n) is 7.80. The third-order valence-electron chi connectivity index (χ3n) is 3.57. The molecule has 0 atom stereocenters. The SMILES string of the molecule is Cc1nonc1COc1ccc(C(=O)Nc2nc(C(C)C)cs2)cc1. The van der Waals surface area contributed by atoms with Crippen molar-refractivity contribution in [2.75, 3.05) is 5.32 Å². The van der Waals surface area contributed by atoms with Gasteiger partial charge in [-0.15, -0.1) is 11.3 Å². The van der Waals surface area contributed by atoms with Crippen molar-refractivity contribution < 1.29 is 14.2 Å². The number of hydrogen-bond acceptors (Lipinski definition) is 7. The van der Waals surface area contributed by atoms with Gasteiger partial charge in [-0.3, -0.25) is 10.1 Å². The molecule has 3 aromatic rings. The summed E-state index contributed by atoms with van der Waals surface area (Å²) >= 11 is 1.42. The molecule has 0 saturated heterocycles. The Hall–Kier alpha value is -2.74. The van der Waals surface area contributed by atoms with E-state index in [4.69, 9.17) is 4.74 Å². The van der Waals surface area contributed by atoms with Crippen molar-refractivity contribution in [1.82, 2.24) is 15.3 Å². The number of anilines is 1. The molecule has 7 nitrogen and oxygen atoms in total. The Morgan fingerprint density at radius 2 is 2.04 bits per heavy atom. The number of amides is 1. The summed E-state index contributed by atoms with van der Waals surface area (Å²) < 4.78 is 10.2. The van der Waals surface area contributed by atoms with Gasteiger partial charge in [0.15, 0.2) is 5.13 Å². The van der Waals surface area contributed by atoms with Gasteiger partial charge < -0.3 is 4.74 Å². The summed E-state index contributed by atoms with van der Waals surface area (Å²) in [6, 6.07) is 6.88. The minimum absolute atomic E-state index is 0.201. The van der Waals surface area contributed by atoms with Crippen molar-refractivity contribution >= 4 is 22.4 Å². The number of nitrogens with zero attached hydrogens (tertiary/aromatic N) is 3. The van der Waals surface area contributed by atoms with Crippen LogP contribution < -0.4 is 10.1 Å². The third-order valence-corrected chi connectivity index (χ3v) is 4.35. The van der Waals surface area contributed by atoms with Crippen LogP contribution >= 0.6 is 11.3 Å². The Morgan fingerprint density at radius 1 is 1.28 bits per heavy atom. The number of ether oxygens (including phenoxy) is 1. The predicted octanol–water partition coefficient (Wildman–Crippen LogP) is 3.79. The molecule has 0 unspecified atom stereocenters. The Bertz CT molecular complexity index is 855. The van der Waals surface area contributed by atoms with Gasteiger partial charge in [-0.1, -0.05) is 24.2 Å². The van der Waals surface area contributed by atoms with E-state index in [1.165, 1.54) is 11.3 Å². The normalized spacial score (nSPS) is 10.9. The highest BCUT2D eigenvalue weighted by atomic mass is 32.1. The van der Waals surface area contributed by atoms with Crippen LogP contribution in [0.25, 0.3) is 0 Å². The highest BCUT2D eigenvalue weighted by Crippen LogP contribution is 2.22. The Labute approximate surface area is 149 Å². The van der Waals surface area contributed by atoms with E-state index in [1.807, 2.05) is 5.38 Å². The van der Waals surface area contributed by atoms with Crippen molar-refractivity contribution in [1.29, 1.82) is 0 Å². The second-order valence-electron chi connectivity index (χ2n) is 5.80. The number of carbonyl (C=O) groups excluding carboxylic acids is 1. The van der Waals surface area contributed by atoms with Gasteiger partial charge >= 0.3 is 0 Å². The minimum atomic E-state index is -0.201. The first-order valence-corrected chi connectivity index (χ1v) is 8.68. The van der Waals surface area contributed by atoms with Crippen LogP contribution in [0.5, 0.6) is 5.75 Å². The fourth-order valence-corrected chi connectivity index (χ4v) is 2.88. The minimum Gasteiger partial charge on any atom is -0.487 e. The predicted molar refractivity (Wildman–Crippen MR) is 94.0 cm³/mol. The zero-order chi connectivity index (χ0) is 17.8. The molecule has 130 valence electrons. The van der Waals surface area contributed by atoms with E-state index in [0.29, 0.717) is 33.8 Å². The molecular weight excluding hydrogens is 340 g/mol. The second kappa shape index (κ2) is 7.43. The molecule has 0 aliphatic rings. The molecule has 8 heteroatoms. The summed E-state index contributed by atoms with van der Waals surface area (Å²) in [4.78, 5) is 16.7. The number of thiazole rings is 1. The summed E-state index contributed by atoms with van der Waals surface area (Å²) in [5.41, 5.74) is 2.85. The number of hydrogen-bond donors (Lipinski definition) is 1. The topological polar surface area (TPSA) is 90.1 Å². The van der Waals surface area contributed by atoms with Gasteiger partial charge in [0.1, 0.15) is 23.7 Å². The third kappa shape index (κ3) is 4.21. The fourth-order valence-electron chi connectivity index (χ4n) is 2.01. The van der Waals surface area contributed by atoms with Crippen LogP contribution in [-0.4, -0.2) is 21.2 Å². The average molecular weight is 358 g/mol. The smallest absolute Gasteiger partial charge is 0.257 e. The highest BCUT2D eigenvalue weighted by Gasteiger charge is 2.11. The maximum absolute atomic E-state index is 12.3. The monoisotopic (exact) mass is 358 g/mol. The number of aryl methyl sites for hydroxylation is 1. The van der Waals surface area contributed by atoms with Gasteiger partial charge in [0.2, 0.25) is 0 Å². The van der Waals surface area contributed by atoms with E-state index >= 15 is 0 Å². The standard InChI is InChI=1S/C17H18N4O3S/c1-10(2)15-9-25-17(18-15)19-16(22)12-4-6-13(7-5-12)23-8-14-11(3)20-24-21-14/h4-7,9-10H,8H2,1-3H3,(H,18,19,22). The van der Waals surface area contributed by atoms with E-state index in [1.54, 1.807) is 31.2 Å². The van der Waals surface area contributed by atoms with E-state index in [2.05, 4.69) is 39.1 Å². The first-order chi connectivity index (χ1) is 12.0. The molecule has 3 rings (SSSR count). The van der Waals surface area contributed by atoms with Gasteiger partial charge in [0, 0.05) is 10.9 Å². The number of benzene rings is 1. The number of nitrogens with one attached hydrogen (secondary N) is 1. The lowest BCUT2D eigenvalue weighted by Crippen LogP contribution is -2.11. The molecule has 2 aromatic heterocycles. The van der Waals surface area contributed by atoms with Crippen molar-refractivity contribution in [3.8, 4) is 5.75 Å². The molecular formula is C17H18N4O3S. The quantitative estimate of drug-likeness (QED) is 0.721. The van der Waals surface area contributed by atoms with E-state index < -0.39 is 0 Å². The van der Waals surface area contributed by atoms with Crippen LogP contribution in [0.15, 0.2) is 34.3 Å². The van der Waals surface area contributed by atoms with Crippen LogP contribution in [0.2, 0.25) is 0 Å². The van der Waals surface area contributed by atoms with E-state index in [9.17, 15) is 4.79 Å². The van der Waals surface area contributed by atoms with Gasteiger partial charge in [0.25, 0.3) is 5.91 Å². The molecule has 0 spiro atoms. The van der Waals surface area contributed by atoms with Gasteiger partial charge in [-0.05, 0) is 37.1 Å². The summed E-state index contributed by atoms with van der Waals surface area (Å²) in [5.74, 6) is 0.768. The molecule has 0 radical (unpaired) electrons. The Balaban J connectivity index is 1.59. The second-order valence-corrected chi connectivity index (χ2v) is 6.65.